The number of esters is 2. The molecule has 1 aromatic carbocycles. The molecule has 0 saturated heterocycles. The van der Waals surface area contributed by atoms with E-state index in [0.29, 0.717) is 5.56 Å². The molecule has 0 unspecified atom stereocenters. The van der Waals surface area contributed by atoms with Crippen molar-refractivity contribution in [2.45, 2.75) is 24.9 Å². The summed E-state index contributed by atoms with van der Waals surface area (Å²) >= 11 is 0. The van der Waals surface area contributed by atoms with Crippen molar-refractivity contribution in [3.63, 3.8) is 0 Å². The zero-order chi connectivity index (χ0) is 22.5. The number of hydrogen-bond donors (Lipinski definition) is 1. The smallest absolute Gasteiger partial charge is 0.317 e. The lowest BCUT2D eigenvalue weighted by atomic mass is 9.61. The van der Waals surface area contributed by atoms with Crippen LogP contribution in [0.2, 0.25) is 0 Å². The van der Waals surface area contributed by atoms with Crippen molar-refractivity contribution < 1.29 is 29.0 Å². The van der Waals surface area contributed by atoms with Crippen LogP contribution < -0.4 is 4.90 Å². The van der Waals surface area contributed by atoms with Gasteiger partial charge < -0.3 is 19.5 Å². The molecule has 0 heterocycles. The lowest BCUT2D eigenvalue weighted by Gasteiger charge is -2.43. The fourth-order valence-electron chi connectivity index (χ4n) is 3.87. The SMILES string of the molecule is C=CCOC(=O)[C@@H]1C(=O)C[C@](C)(O)[C@@H](C(=O)OCC=C)[C@H]1c1ccc(N(C)C)cc1. The fourth-order valence-corrected chi connectivity index (χ4v) is 3.87. The number of hydrogen-bond acceptors (Lipinski definition) is 7. The van der Waals surface area contributed by atoms with E-state index in [4.69, 9.17) is 9.47 Å². The predicted octanol–water partition coefficient (Wildman–Crippen LogP) is 2.25. The molecule has 0 bridgehead atoms. The van der Waals surface area contributed by atoms with Crippen LogP contribution in [0, 0.1) is 11.8 Å². The van der Waals surface area contributed by atoms with Crippen LogP contribution in [0.5, 0.6) is 0 Å². The van der Waals surface area contributed by atoms with E-state index in [0.717, 1.165) is 5.69 Å². The third kappa shape index (κ3) is 4.97. The van der Waals surface area contributed by atoms with Crippen molar-refractivity contribution in [1.82, 2.24) is 0 Å². The molecule has 1 aromatic rings. The number of aliphatic hydroxyl groups is 1. The predicted molar refractivity (Wildman–Crippen MR) is 113 cm³/mol. The Hall–Kier alpha value is -2.93. The average Bonchev–Trinajstić information content (AvgIpc) is 2.69. The Bertz CT molecular complexity index is 811. The van der Waals surface area contributed by atoms with Crippen LogP contribution in [0.1, 0.15) is 24.8 Å². The van der Waals surface area contributed by atoms with E-state index in [2.05, 4.69) is 13.2 Å². The fraction of sp³-hybridized carbons (Fsp3) is 0.435. The van der Waals surface area contributed by atoms with Gasteiger partial charge in [-0.25, -0.2) is 0 Å². The van der Waals surface area contributed by atoms with E-state index < -0.39 is 41.1 Å². The van der Waals surface area contributed by atoms with Gasteiger partial charge in [-0.15, -0.1) is 0 Å². The third-order valence-corrected chi connectivity index (χ3v) is 5.26. The van der Waals surface area contributed by atoms with Gasteiger partial charge in [0.15, 0.2) is 5.78 Å². The van der Waals surface area contributed by atoms with Gasteiger partial charge in [0.05, 0.1) is 11.5 Å². The summed E-state index contributed by atoms with van der Waals surface area (Å²) in [6, 6.07) is 7.13. The Morgan fingerprint density at radius 1 is 1.13 bits per heavy atom. The molecule has 0 aliphatic heterocycles. The highest BCUT2D eigenvalue weighted by Crippen LogP contribution is 2.47. The number of ketones is 1. The van der Waals surface area contributed by atoms with E-state index in [9.17, 15) is 19.5 Å². The molecule has 0 radical (unpaired) electrons. The molecule has 0 spiro atoms. The summed E-state index contributed by atoms with van der Waals surface area (Å²) in [5, 5.41) is 11.0. The molecule has 0 aromatic heterocycles. The Kier molecular flexibility index (Phi) is 7.56. The Morgan fingerprint density at radius 2 is 1.67 bits per heavy atom. The molecule has 7 heteroatoms. The van der Waals surface area contributed by atoms with Crippen LogP contribution in [0.4, 0.5) is 5.69 Å². The second-order valence-electron chi connectivity index (χ2n) is 7.80. The Morgan fingerprint density at radius 3 is 2.17 bits per heavy atom. The van der Waals surface area contributed by atoms with Gasteiger partial charge in [-0.1, -0.05) is 37.4 Å². The lowest BCUT2D eigenvalue weighted by Crippen LogP contribution is -2.55. The molecule has 162 valence electrons. The van der Waals surface area contributed by atoms with Crippen molar-refractivity contribution in [2.24, 2.45) is 11.8 Å². The van der Waals surface area contributed by atoms with Gasteiger partial charge in [-0.2, -0.15) is 0 Å². The molecule has 1 fully saturated rings. The molecule has 4 atom stereocenters. The van der Waals surface area contributed by atoms with Crippen LogP contribution in [0.3, 0.4) is 0 Å². The zero-order valence-corrected chi connectivity index (χ0v) is 17.7. The highest BCUT2D eigenvalue weighted by atomic mass is 16.5. The average molecular weight is 415 g/mol. The minimum absolute atomic E-state index is 0.0444. The number of anilines is 1. The van der Waals surface area contributed by atoms with Crippen molar-refractivity contribution in [2.75, 3.05) is 32.2 Å². The molecular formula is C23H29NO6. The second-order valence-corrected chi connectivity index (χ2v) is 7.80. The van der Waals surface area contributed by atoms with E-state index in [1.54, 1.807) is 12.1 Å². The Labute approximate surface area is 177 Å². The van der Waals surface area contributed by atoms with Crippen LogP contribution in [0.15, 0.2) is 49.6 Å². The molecule has 0 amide bonds. The van der Waals surface area contributed by atoms with Gasteiger partial charge >= 0.3 is 11.9 Å². The first-order valence-corrected chi connectivity index (χ1v) is 9.71. The highest BCUT2D eigenvalue weighted by molar-refractivity contribution is 6.02. The summed E-state index contributed by atoms with van der Waals surface area (Å²) in [4.78, 5) is 40.5. The topological polar surface area (TPSA) is 93.1 Å². The molecule has 1 aliphatic rings. The first-order valence-electron chi connectivity index (χ1n) is 9.71. The quantitative estimate of drug-likeness (QED) is 0.395. The number of rotatable bonds is 8. The maximum atomic E-state index is 12.9. The summed E-state index contributed by atoms with van der Waals surface area (Å²) in [6.45, 7) is 8.35. The number of Topliss-reactive ketones (excluding diaryl/α,β-unsaturated/α-hetero) is 1. The number of nitrogens with zero attached hydrogens (tertiary/aromatic N) is 1. The minimum atomic E-state index is -1.69. The van der Waals surface area contributed by atoms with E-state index in [1.165, 1.54) is 19.1 Å². The number of benzene rings is 1. The monoisotopic (exact) mass is 415 g/mol. The summed E-state index contributed by atoms with van der Waals surface area (Å²) in [5.74, 6) is -5.25. The Balaban J connectivity index is 2.57. The maximum absolute atomic E-state index is 12.9. The third-order valence-electron chi connectivity index (χ3n) is 5.26. The zero-order valence-electron chi connectivity index (χ0n) is 17.7. The van der Waals surface area contributed by atoms with Gasteiger partial charge in [0.2, 0.25) is 0 Å². The normalized spacial score (nSPS) is 25.9. The van der Waals surface area contributed by atoms with Crippen molar-refractivity contribution in [1.29, 1.82) is 0 Å². The van der Waals surface area contributed by atoms with Crippen LogP contribution >= 0.6 is 0 Å². The van der Waals surface area contributed by atoms with Gasteiger partial charge in [-0.05, 0) is 24.6 Å². The second kappa shape index (κ2) is 9.71. The van der Waals surface area contributed by atoms with Crippen LogP contribution in [-0.4, -0.2) is 55.7 Å². The maximum Gasteiger partial charge on any atom is 0.317 e. The van der Waals surface area contributed by atoms with Crippen LogP contribution in [0.25, 0.3) is 0 Å². The van der Waals surface area contributed by atoms with Crippen molar-refractivity contribution in [3.05, 3.63) is 55.1 Å². The molecule has 1 saturated carbocycles. The summed E-state index contributed by atoms with van der Waals surface area (Å²) in [5.41, 5.74) is -0.214. The summed E-state index contributed by atoms with van der Waals surface area (Å²) < 4.78 is 10.4. The molecule has 2 rings (SSSR count). The lowest BCUT2D eigenvalue weighted by molar-refractivity contribution is -0.171. The molecular weight excluding hydrogens is 386 g/mol. The van der Waals surface area contributed by atoms with Gasteiger partial charge in [-0.3, -0.25) is 14.4 Å². The largest absolute Gasteiger partial charge is 0.461 e. The van der Waals surface area contributed by atoms with Gasteiger partial charge in [0, 0.05) is 32.1 Å². The molecule has 1 aliphatic carbocycles. The minimum Gasteiger partial charge on any atom is -0.461 e. The van der Waals surface area contributed by atoms with Gasteiger partial charge in [0.1, 0.15) is 19.1 Å². The van der Waals surface area contributed by atoms with Crippen molar-refractivity contribution in [3.8, 4) is 0 Å². The molecule has 30 heavy (non-hydrogen) atoms. The summed E-state index contributed by atoms with van der Waals surface area (Å²) in [7, 11) is 3.77. The number of carbonyl (C=O) groups is 3. The first-order chi connectivity index (χ1) is 14.1. The highest BCUT2D eigenvalue weighted by Gasteiger charge is 2.57. The summed E-state index contributed by atoms with van der Waals surface area (Å²) in [6.07, 6.45) is 2.45. The number of carbonyl (C=O) groups excluding carboxylic acids is 3. The van der Waals surface area contributed by atoms with Crippen molar-refractivity contribution >= 4 is 23.4 Å². The van der Waals surface area contributed by atoms with E-state index >= 15 is 0 Å². The van der Waals surface area contributed by atoms with Crippen LogP contribution in [-0.2, 0) is 23.9 Å². The van der Waals surface area contributed by atoms with E-state index in [1.807, 2.05) is 31.1 Å². The molecule has 1 N–H and O–H groups in total. The number of ether oxygens (including phenoxy) is 2. The standard InChI is InChI=1S/C23H29NO6/c1-6-12-29-21(26)19-17(25)14-23(3,28)20(22(27)30-13-7-2)18(19)15-8-10-16(11-9-15)24(4)5/h6-11,18-20,28H,1-2,12-14H2,3-5H3/t18-,19+,20+,23-/m0/s1. The van der Waals surface area contributed by atoms with E-state index in [-0.39, 0.29) is 19.6 Å². The molecule has 7 nitrogen and oxygen atoms in total. The first kappa shape index (κ1) is 23.3. The van der Waals surface area contributed by atoms with Gasteiger partial charge in [0.25, 0.3) is 0 Å².